The molecule has 152 valence electrons. The number of esters is 1. The zero-order valence-electron chi connectivity index (χ0n) is 16.2. The van der Waals surface area contributed by atoms with Gasteiger partial charge in [0.05, 0.1) is 18.9 Å². The van der Waals surface area contributed by atoms with Crippen LogP contribution in [0.4, 0.5) is 0 Å². The summed E-state index contributed by atoms with van der Waals surface area (Å²) in [6.07, 6.45) is 4.62. The van der Waals surface area contributed by atoms with Crippen molar-refractivity contribution < 1.29 is 14.3 Å². The van der Waals surface area contributed by atoms with Crippen LogP contribution in [0.15, 0.2) is 78.2 Å². The van der Waals surface area contributed by atoms with E-state index in [0.29, 0.717) is 28.7 Å². The molecule has 3 rings (SSSR count). The number of benzene rings is 2. The second kappa shape index (κ2) is 10.7. The van der Waals surface area contributed by atoms with E-state index in [-0.39, 0.29) is 0 Å². The molecule has 0 aliphatic heterocycles. The second-order valence-electron chi connectivity index (χ2n) is 6.08. The van der Waals surface area contributed by atoms with E-state index in [9.17, 15) is 4.79 Å². The fourth-order valence-corrected chi connectivity index (χ4v) is 2.60. The minimum absolute atomic E-state index is 0.302. The number of ether oxygens (including phenoxy) is 2. The Hall–Kier alpha value is -3.78. The van der Waals surface area contributed by atoms with Gasteiger partial charge in [-0.15, -0.1) is 0 Å². The van der Waals surface area contributed by atoms with Gasteiger partial charge in [0.25, 0.3) is 0 Å². The molecule has 0 atom stereocenters. The zero-order chi connectivity index (χ0) is 21.2. The van der Waals surface area contributed by atoms with Gasteiger partial charge in [-0.1, -0.05) is 30.3 Å². The number of thiocarbonyl (C=S) groups is 1. The largest absolute Gasteiger partial charge is 0.493 e. The molecule has 0 fully saturated rings. The Bertz CT molecular complexity index is 1030. The standard InChI is InChI=1S/C22H20N4O3S/c1-28-20-12-17(9-10-19(20)29-21(27)18-8-5-11-23-15-18)14-25-26-22(30)24-13-16-6-3-2-4-7-16/h2-12,14-15H,13H2,1H3,(H2,24,26,30)/b25-14-. The van der Waals surface area contributed by atoms with Gasteiger partial charge in [0.1, 0.15) is 0 Å². The molecule has 0 radical (unpaired) electrons. The molecule has 2 N–H and O–H groups in total. The zero-order valence-corrected chi connectivity index (χ0v) is 17.1. The van der Waals surface area contributed by atoms with E-state index < -0.39 is 5.97 Å². The number of carbonyl (C=O) groups is 1. The van der Waals surface area contributed by atoms with E-state index >= 15 is 0 Å². The normalized spacial score (nSPS) is 10.4. The van der Waals surface area contributed by atoms with Crippen LogP contribution in [0.1, 0.15) is 21.5 Å². The first-order valence-electron chi connectivity index (χ1n) is 9.07. The second-order valence-corrected chi connectivity index (χ2v) is 6.49. The highest BCUT2D eigenvalue weighted by Gasteiger charge is 2.12. The predicted octanol–water partition coefficient (Wildman–Crippen LogP) is 3.31. The van der Waals surface area contributed by atoms with Crippen LogP contribution in [0.2, 0.25) is 0 Å². The first-order chi connectivity index (χ1) is 14.7. The van der Waals surface area contributed by atoms with Crippen LogP contribution < -0.4 is 20.2 Å². The number of carbonyl (C=O) groups excluding carboxylic acids is 1. The highest BCUT2D eigenvalue weighted by Crippen LogP contribution is 2.28. The van der Waals surface area contributed by atoms with Crippen molar-refractivity contribution >= 4 is 29.5 Å². The molecule has 0 amide bonds. The van der Waals surface area contributed by atoms with Gasteiger partial charge in [0.2, 0.25) is 0 Å². The van der Waals surface area contributed by atoms with Crippen molar-refractivity contribution in [3.8, 4) is 11.5 Å². The van der Waals surface area contributed by atoms with Gasteiger partial charge in [0, 0.05) is 18.9 Å². The molecule has 8 heteroatoms. The van der Waals surface area contributed by atoms with Crippen molar-refractivity contribution in [1.82, 2.24) is 15.7 Å². The summed E-state index contributed by atoms with van der Waals surface area (Å²) in [4.78, 5) is 16.1. The maximum Gasteiger partial charge on any atom is 0.345 e. The molecular weight excluding hydrogens is 400 g/mol. The van der Waals surface area contributed by atoms with Gasteiger partial charge < -0.3 is 14.8 Å². The number of pyridine rings is 1. The Labute approximate surface area is 179 Å². The number of hydrogen-bond donors (Lipinski definition) is 2. The summed E-state index contributed by atoms with van der Waals surface area (Å²) >= 11 is 5.21. The Morgan fingerprint density at radius 2 is 1.97 bits per heavy atom. The quantitative estimate of drug-likeness (QED) is 0.199. The topological polar surface area (TPSA) is 84.8 Å². The number of nitrogens with one attached hydrogen (secondary N) is 2. The van der Waals surface area contributed by atoms with Crippen molar-refractivity contribution in [2.45, 2.75) is 6.54 Å². The van der Waals surface area contributed by atoms with E-state index in [0.717, 1.165) is 11.1 Å². The van der Waals surface area contributed by atoms with E-state index in [4.69, 9.17) is 21.7 Å². The summed E-state index contributed by atoms with van der Waals surface area (Å²) < 4.78 is 10.7. The number of methoxy groups -OCH3 is 1. The van der Waals surface area contributed by atoms with Gasteiger partial charge in [-0.05, 0) is 53.7 Å². The summed E-state index contributed by atoms with van der Waals surface area (Å²) in [7, 11) is 1.50. The Kier molecular flexibility index (Phi) is 7.45. The fourth-order valence-electron chi connectivity index (χ4n) is 2.47. The van der Waals surface area contributed by atoms with Gasteiger partial charge >= 0.3 is 5.97 Å². The number of hydrogen-bond acceptors (Lipinski definition) is 6. The van der Waals surface area contributed by atoms with Gasteiger partial charge in [-0.25, -0.2) is 4.79 Å². The molecule has 30 heavy (non-hydrogen) atoms. The lowest BCUT2D eigenvalue weighted by Gasteiger charge is -2.10. The van der Waals surface area contributed by atoms with E-state index in [2.05, 4.69) is 20.8 Å². The van der Waals surface area contributed by atoms with Crippen LogP contribution in [0.25, 0.3) is 0 Å². The third-order valence-corrected chi connectivity index (χ3v) is 4.20. The van der Waals surface area contributed by atoms with E-state index in [1.54, 1.807) is 42.7 Å². The minimum atomic E-state index is -0.515. The molecule has 0 aliphatic rings. The molecule has 7 nitrogen and oxygen atoms in total. The summed E-state index contributed by atoms with van der Waals surface area (Å²) in [5.74, 6) is 0.191. The van der Waals surface area contributed by atoms with Crippen molar-refractivity contribution in [1.29, 1.82) is 0 Å². The van der Waals surface area contributed by atoms with E-state index in [1.165, 1.54) is 13.3 Å². The molecule has 1 heterocycles. The lowest BCUT2D eigenvalue weighted by Crippen LogP contribution is -2.31. The average Bonchev–Trinajstić information content (AvgIpc) is 2.79. The van der Waals surface area contributed by atoms with E-state index in [1.807, 2.05) is 30.3 Å². The summed E-state index contributed by atoms with van der Waals surface area (Å²) in [5.41, 5.74) is 4.98. The molecule has 0 bridgehead atoms. The maximum atomic E-state index is 12.2. The third kappa shape index (κ3) is 6.11. The molecule has 3 aromatic rings. The van der Waals surface area contributed by atoms with Gasteiger partial charge in [-0.2, -0.15) is 5.10 Å². The smallest absolute Gasteiger partial charge is 0.345 e. The maximum absolute atomic E-state index is 12.2. The summed E-state index contributed by atoms with van der Waals surface area (Å²) in [6, 6.07) is 18.3. The summed E-state index contributed by atoms with van der Waals surface area (Å²) in [6.45, 7) is 0.604. The Balaban J connectivity index is 1.56. The molecule has 0 unspecified atom stereocenters. The molecule has 0 saturated carbocycles. The number of aromatic nitrogens is 1. The molecular formula is C22H20N4O3S. The highest BCUT2D eigenvalue weighted by atomic mass is 32.1. The fraction of sp³-hybridized carbons (Fsp3) is 0.0909. The van der Waals surface area contributed by atoms with Crippen LogP contribution in [0, 0.1) is 0 Å². The van der Waals surface area contributed by atoms with Crippen molar-refractivity contribution in [3.05, 3.63) is 89.7 Å². The average molecular weight is 420 g/mol. The van der Waals surface area contributed by atoms with Crippen LogP contribution in [-0.2, 0) is 6.54 Å². The monoisotopic (exact) mass is 420 g/mol. The molecule has 0 aliphatic carbocycles. The van der Waals surface area contributed by atoms with Gasteiger partial charge in [-0.3, -0.25) is 10.4 Å². The van der Waals surface area contributed by atoms with Crippen molar-refractivity contribution in [2.24, 2.45) is 5.10 Å². The molecule has 2 aromatic carbocycles. The van der Waals surface area contributed by atoms with Crippen LogP contribution in [0.3, 0.4) is 0 Å². The van der Waals surface area contributed by atoms with Crippen molar-refractivity contribution in [3.63, 3.8) is 0 Å². The lowest BCUT2D eigenvalue weighted by molar-refractivity contribution is 0.0729. The molecule has 0 spiro atoms. The number of hydrazone groups is 1. The van der Waals surface area contributed by atoms with Crippen LogP contribution in [0.5, 0.6) is 11.5 Å². The lowest BCUT2D eigenvalue weighted by atomic mass is 10.2. The number of rotatable bonds is 7. The first kappa shape index (κ1) is 20.9. The SMILES string of the molecule is COc1cc(/C=N\NC(=S)NCc2ccccc2)ccc1OC(=O)c1cccnc1. The molecule has 1 aromatic heterocycles. The number of nitrogens with zero attached hydrogens (tertiary/aromatic N) is 2. The molecule has 0 saturated heterocycles. The first-order valence-corrected chi connectivity index (χ1v) is 9.47. The predicted molar refractivity (Wildman–Crippen MR) is 119 cm³/mol. The van der Waals surface area contributed by atoms with Crippen LogP contribution >= 0.6 is 12.2 Å². The summed E-state index contributed by atoms with van der Waals surface area (Å²) in [5, 5.41) is 7.60. The minimum Gasteiger partial charge on any atom is -0.493 e. The highest BCUT2D eigenvalue weighted by molar-refractivity contribution is 7.80. The Morgan fingerprint density at radius 3 is 2.70 bits per heavy atom. The Morgan fingerprint density at radius 1 is 1.13 bits per heavy atom. The third-order valence-electron chi connectivity index (χ3n) is 3.96. The van der Waals surface area contributed by atoms with Gasteiger partial charge in [0.15, 0.2) is 16.6 Å². The van der Waals surface area contributed by atoms with Crippen molar-refractivity contribution in [2.75, 3.05) is 7.11 Å². The van der Waals surface area contributed by atoms with Crippen LogP contribution in [-0.4, -0.2) is 29.4 Å².